The standard InChI is InChI=1S/C34H50ClN3O/c1-4-5-6-7-8-9-10-11-12-13-25-34(28-36,30-20-22-31(35)23-21-30)26-15-17-32(38-37-2)24-19-29-16-14-18-33(27-29)39-3/h14,16,18,20-23,27,32H,4-13,15,17,19,24-26H2,1-3H3. The van der Waals surface area contributed by atoms with Gasteiger partial charge in [0.2, 0.25) is 0 Å². The minimum Gasteiger partial charge on any atom is -0.497 e. The van der Waals surface area contributed by atoms with E-state index in [-0.39, 0.29) is 6.04 Å². The Labute approximate surface area is 243 Å². The average molecular weight is 552 g/mol. The predicted octanol–water partition coefficient (Wildman–Crippen LogP) is 10.7. The molecule has 2 rings (SSSR count). The van der Waals surface area contributed by atoms with Crippen molar-refractivity contribution >= 4 is 11.6 Å². The van der Waals surface area contributed by atoms with Gasteiger partial charge >= 0.3 is 0 Å². The molecule has 2 aromatic rings. The van der Waals surface area contributed by atoms with E-state index < -0.39 is 5.41 Å². The van der Waals surface area contributed by atoms with E-state index in [4.69, 9.17) is 16.3 Å². The molecule has 0 radical (unpaired) electrons. The largest absolute Gasteiger partial charge is 0.497 e. The van der Waals surface area contributed by atoms with E-state index in [0.29, 0.717) is 5.02 Å². The van der Waals surface area contributed by atoms with E-state index in [1.807, 2.05) is 36.4 Å². The summed E-state index contributed by atoms with van der Waals surface area (Å²) in [6.07, 6.45) is 18.4. The first-order valence-electron chi connectivity index (χ1n) is 15.2. The molecular weight excluding hydrogens is 502 g/mol. The highest BCUT2D eigenvalue weighted by atomic mass is 35.5. The van der Waals surface area contributed by atoms with Crippen molar-refractivity contribution < 1.29 is 4.74 Å². The average Bonchev–Trinajstić information content (AvgIpc) is 2.96. The highest BCUT2D eigenvalue weighted by molar-refractivity contribution is 6.30. The number of azo groups is 1. The number of benzene rings is 2. The lowest BCUT2D eigenvalue weighted by molar-refractivity contribution is 0.399. The third-order valence-corrected chi connectivity index (χ3v) is 8.14. The summed E-state index contributed by atoms with van der Waals surface area (Å²) in [5.41, 5.74) is 1.86. The number of rotatable bonds is 21. The van der Waals surface area contributed by atoms with Crippen molar-refractivity contribution in [2.45, 2.75) is 121 Å². The molecule has 0 aliphatic heterocycles. The van der Waals surface area contributed by atoms with Crippen LogP contribution in [-0.2, 0) is 11.8 Å². The Kier molecular flexibility index (Phi) is 16.5. The molecule has 39 heavy (non-hydrogen) atoms. The number of nitriles is 1. The van der Waals surface area contributed by atoms with E-state index in [9.17, 15) is 5.26 Å². The van der Waals surface area contributed by atoms with E-state index in [2.05, 4.69) is 35.4 Å². The van der Waals surface area contributed by atoms with Gasteiger partial charge in [0.25, 0.3) is 0 Å². The van der Waals surface area contributed by atoms with Crippen LogP contribution in [0.3, 0.4) is 0 Å². The normalized spacial score (nSPS) is 13.7. The van der Waals surface area contributed by atoms with Gasteiger partial charge in [-0.05, 0) is 73.9 Å². The van der Waals surface area contributed by atoms with Crippen LogP contribution in [0.15, 0.2) is 58.8 Å². The van der Waals surface area contributed by atoms with E-state index >= 15 is 0 Å². The molecule has 0 N–H and O–H groups in total. The van der Waals surface area contributed by atoms with Crippen molar-refractivity contribution in [2.75, 3.05) is 14.2 Å². The topological polar surface area (TPSA) is 57.7 Å². The second-order valence-electron chi connectivity index (χ2n) is 10.9. The van der Waals surface area contributed by atoms with Gasteiger partial charge in [-0.3, -0.25) is 0 Å². The van der Waals surface area contributed by atoms with Crippen LogP contribution in [0.4, 0.5) is 0 Å². The number of methoxy groups -OCH3 is 1. The Morgan fingerprint density at radius 2 is 1.51 bits per heavy atom. The fourth-order valence-corrected chi connectivity index (χ4v) is 5.62. The van der Waals surface area contributed by atoms with Gasteiger partial charge in [0.05, 0.1) is 24.6 Å². The van der Waals surface area contributed by atoms with Gasteiger partial charge in [-0.25, -0.2) is 0 Å². The molecule has 0 bridgehead atoms. The predicted molar refractivity (Wildman–Crippen MR) is 165 cm³/mol. The molecule has 0 amide bonds. The van der Waals surface area contributed by atoms with Gasteiger partial charge in [-0.1, -0.05) is 107 Å². The number of nitrogens with zero attached hydrogens (tertiary/aromatic N) is 3. The molecule has 0 aliphatic rings. The summed E-state index contributed by atoms with van der Waals surface area (Å²) in [5.74, 6) is 0.884. The van der Waals surface area contributed by atoms with Crippen LogP contribution in [-0.4, -0.2) is 20.2 Å². The van der Waals surface area contributed by atoms with Crippen molar-refractivity contribution in [3.05, 3.63) is 64.7 Å². The van der Waals surface area contributed by atoms with Crippen LogP contribution in [0.5, 0.6) is 5.75 Å². The number of hydrogen-bond donors (Lipinski definition) is 0. The molecule has 0 aromatic heterocycles. The molecule has 0 saturated carbocycles. The number of unbranched alkanes of at least 4 members (excludes halogenated alkanes) is 9. The lowest BCUT2D eigenvalue weighted by atomic mass is 9.73. The summed E-state index contributed by atoms with van der Waals surface area (Å²) in [6, 6.07) is 19.1. The lowest BCUT2D eigenvalue weighted by Gasteiger charge is -2.28. The molecule has 0 saturated heterocycles. The van der Waals surface area contributed by atoms with E-state index in [0.717, 1.165) is 56.3 Å². The zero-order valence-electron chi connectivity index (χ0n) is 24.6. The quantitative estimate of drug-likeness (QED) is 0.114. The Hall–Kier alpha value is -2.38. The second-order valence-corrected chi connectivity index (χ2v) is 11.3. The number of hydrogen-bond acceptors (Lipinski definition) is 4. The van der Waals surface area contributed by atoms with Gasteiger partial charge in [0.1, 0.15) is 5.75 Å². The minimum atomic E-state index is -0.481. The maximum Gasteiger partial charge on any atom is 0.119 e. The number of aryl methyl sites for hydroxylation is 1. The fraction of sp³-hybridized carbons (Fsp3) is 0.618. The van der Waals surface area contributed by atoms with Gasteiger partial charge < -0.3 is 4.74 Å². The molecule has 0 heterocycles. The summed E-state index contributed by atoms with van der Waals surface area (Å²) in [6.45, 7) is 2.27. The zero-order valence-corrected chi connectivity index (χ0v) is 25.4. The van der Waals surface area contributed by atoms with Crippen LogP contribution >= 0.6 is 11.6 Å². The van der Waals surface area contributed by atoms with Crippen molar-refractivity contribution in [3.8, 4) is 11.8 Å². The van der Waals surface area contributed by atoms with Gasteiger partial charge in [0.15, 0.2) is 0 Å². The molecule has 214 valence electrons. The van der Waals surface area contributed by atoms with Crippen LogP contribution in [0, 0.1) is 11.3 Å². The van der Waals surface area contributed by atoms with E-state index in [1.54, 1.807) is 14.2 Å². The fourth-order valence-electron chi connectivity index (χ4n) is 5.50. The van der Waals surface area contributed by atoms with Crippen molar-refractivity contribution in [2.24, 2.45) is 10.2 Å². The molecule has 2 aromatic carbocycles. The summed E-state index contributed by atoms with van der Waals surface area (Å²) in [5, 5.41) is 19.8. The highest BCUT2D eigenvalue weighted by Gasteiger charge is 2.31. The molecule has 5 heteroatoms. The molecule has 2 atom stereocenters. The Bertz CT molecular complexity index is 985. The summed E-state index contributed by atoms with van der Waals surface area (Å²) in [7, 11) is 3.45. The monoisotopic (exact) mass is 551 g/mol. The SMILES string of the molecule is CCCCCCCCCCCCC(C#N)(CCCC(CCc1cccc(OC)c1)N=NC)c1ccc(Cl)cc1. The maximum atomic E-state index is 10.5. The smallest absolute Gasteiger partial charge is 0.119 e. The second kappa shape index (κ2) is 19.6. The summed E-state index contributed by atoms with van der Waals surface area (Å²) in [4.78, 5) is 0. The molecular formula is C34H50ClN3O. The highest BCUT2D eigenvalue weighted by Crippen LogP contribution is 2.36. The number of halogens is 1. The van der Waals surface area contributed by atoms with Crippen molar-refractivity contribution in [1.29, 1.82) is 5.26 Å². The first-order valence-corrected chi connectivity index (χ1v) is 15.5. The van der Waals surface area contributed by atoms with Crippen molar-refractivity contribution in [3.63, 3.8) is 0 Å². The first kappa shape index (κ1) is 32.8. The molecule has 0 aliphatic carbocycles. The Morgan fingerprint density at radius 3 is 2.13 bits per heavy atom. The molecule has 4 nitrogen and oxygen atoms in total. The van der Waals surface area contributed by atoms with Gasteiger partial charge in [0, 0.05) is 12.1 Å². The molecule has 0 fully saturated rings. The molecule has 2 unspecified atom stereocenters. The van der Waals surface area contributed by atoms with Crippen LogP contribution in [0.2, 0.25) is 5.02 Å². The van der Waals surface area contributed by atoms with Gasteiger partial charge in [-0.2, -0.15) is 15.5 Å². The third-order valence-electron chi connectivity index (χ3n) is 7.89. The van der Waals surface area contributed by atoms with Gasteiger partial charge in [-0.15, -0.1) is 0 Å². The Morgan fingerprint density at radius 1 is 0.872 bits per heavy atom. The molecule has 0 spiro atoms. The van der Waals surface area contributed by atoms with Crippen LogP contribution in [0.25, 0.3) is 0 Å². The van der Waals surface area contributed by atoms with Crippen molar-refractivity contribution in [1.82, 2.24) is 0 Å². The minimum absolute atomic E-state index is 0.153. The summed E-state index contributed by atoms with van der Waals surface area (Å²) >= 11 is 6.19. The lowest BCUT2D eigenvalue weighted by Crippen LogP contribution is -2.25. The third kappa shape index (κ3) is 12.6. The van der Waals surface area contributed by atoms with Crippen LogP contribution in [0.1, 0.15) is 114 Å². The zero-order chi connectivity index (χ0) is 28.2. The number of ether oxygens (including phenoxy) is 1. The first-order chi connectivity index (χ1) is 19.1. The summed E-state index contributed by atoms with van der Waals surface area (Å²) < 4.78 is 5.37. The van der Waals surface area contributed by atoms with E-state index in [1.165, 1.54) is 63.4 Å². The maximum absolute atomic E-state index is 10.5. The Balaban J connectivity index is 1.91. The van der Waals surface area contributed by atoms with Crippen LogP contribution < -0.4 is 4.74 Å².